The van der Waals surface area contributed by atoms with E-state index >= 15 is 0 Å². The van der Waals surface area contributed by atoms with Gasteiger partial charge in [-0.15, -0.1) is 11.3 Å². The number of carbonyl (C=O) groups excluding carboxylic acids is 2. The second-order valence-corrected chi connectivity index (χ2v) is 9.20. The summed E-state index contributed by atoms with van der Waals surface area (Å²) in [5.41, 5.74) is 2.39. The molecule has 7 heteroatoms. The number of thiazole rings is 1. The summed E-state index contributed by atoms with van der Waals surface area (Å²) in [6, 6.07) is 8.01. The Kier molecular flexibility index (Phi) is 7.43. The van der Waals surface area contributed by atoms with Gasteiger partial charge < -0.3 is 15.1 Å². The normalized spacial score (nSPS) is 16.9. The zero-order valence-electron chi connectivity index (χ0n) is 18.6. The molecule has 2 aromatic rings. The first-order valence-electron chi connectivity index (χ1n) is 11.5. The molecule has 2 aliphatic heterocycles. The molecule has 0 saturated carbocycles. The lowest BCUT2D eigenvalue weighted by Gasteiger charge is -2.30. The van der Waals surface area contributed by atoms with E-state index in [1.807, 2.05) is 35.4 Å². The molecule has 0 unspecified atom stereocenters. The number of hydrogen-bond acceptors (Lipinski definition) is 5. The van der Waals surface area contributed by atoms with E-state index in [2.05, 4.69) is 33.1 Å². The van der Waals surface area contributed by atoms with Crippen LogP contribution in [0.5, 0.6) is 0 Å². The largest absolute Gasteiger partial charge is 0.370 e. The minimum Gasteiger partial charge on any atom is -0.370 e. The van der Waals surface area contributed by atoms with Gasteiger partial charge in [0.1, 0.15) is 5.69 Å². The Bertz CT molecular complexity index is 1010. The molecule has 0 bridgehead atoms. The van der Waals surface area contributed by atoms with E-state index in [4.69, 9.17) is 0 Å². The topological polar surface area (TPSA) is 65.5 Å². The Balaban J connectivity index is 1.37. The predicted octanol–water partition coefficient (Wildman–Crippen LogP) is 4.51. The number of benzene rings is 1. The fourth-order valence-electron chi connectivity index (χ4n) is 4.33. The van der Waals surface area contributed by atoms with Gasteiger partial charge in [-0.25, -0.2) is 4.98 Å². The third-order valence-electron chi connectivity index (χ3n) is 6.11. The number of para-hydroxylation sites is 2. The summed E-state index contributed by atoms with van der Waals surface area (Å²) in [4.78, 5) is 33.8. The van der Waals surface area contributed by atoms with Crippen molar-refractivity contribution in [1.82, 2.24) is 9.88 Å². The Morgan fingerprint density at radius 1 is 1.12 bits per heavy atom. The van der Waals surface area contributed by atoms with Crippen molar-refractivity contribution in [2.75, 3.05) is 36.4 Å². The number of aromatic nitrogens is 1. The molecule has 2 fully saturated rings. The molecule has 4 rings (SSSR count). The zero-order chi connectivity index (χ0) is 22.3. The second-order valence-electron chi connectivity index (χ2n) is 8.31. The fraction of sp³-hybridized carbons (Fsp3) is 0.480. The van der Waals surface area contributed by atoms with Gasteiger partial charge in [0.2, 0.25) is 0 Å². The number of likely N-dealkylation sites (tertiary alicyclic amines) is 1. The van der Waals surface area contributed by atoms with Crippen molar-refractivity contribution in [3.63, 3.8) is 0 Å². The van der Waals surface area contributed by atoms with Gasteiger partial charge in [0, 0.05) is 43.9 Å². The zero-order valence-corrected chi connectivity index (χ0v) is 19.4. The number of rotatable bonds is 4. The van der Waals surface area contributed by atoms with Crippen molar-refractivity contribution in [3.05, 3.63) is 40.3 Å². The Morgan fingerprint density at radius 2 is 1.88 bits per heavy atom. The average molecular weight is 451 g/mol. The van der Waals surface area contributed by atoms with Crippen molar-refractivity contribution in [2.24, 2.45) is 0 Å². The standard InChI is InChI=1S/C25H30N4O2S/c1-2-3-11-23(30)29-16-12-19(13-17-29)25-27-21(18-32-25)24(31)26-20-9-5-6-10-22(20)28-14-7-4-8-15-28/h5-6,9-10,18-19H,2,4,7-8,12-17H2,1H3,(H,26,31). The first kappa shape index (κ1) is 22.3. The second kappa shape index (κ2) is 10.6. The quantitative estimate of drug-likeness (QED) is 0.697. The molecular formula is C25H30N4O2S. The summed E-state index contributed by atoms with van der Waals surface area (Å²) in [6.45, 7) is 5.37. The SMILES string of the molecule is CCC#CC(=O)N1CCC(c2nc(C(=O)Nc3ccccc3N3CCCCC3)cs2)CC1. The predicted molar refractivity (Wildman–Crippen MR) is 129 cm³/mol. The maximum Gasteiger partial charge on any atom is 0.298 e. The highest BCUT2D eigenvalue weighted by atomic mass is 32.1. The summed E-state index contributed by atoms with van der Waals surface area (Å²) in [7, 11) is 0. The molecular weight excluding hydrogens is 420 g/mol. The number of nitrogens with zero attached hydrogens (tertiary/aromatic N) is 3. The van der Waals surface area contributed by atoms with E-state index in [1.54, 1.807) is 0 Å². The van der Waals surface area contributed by atoms with Crippen molar-refractivity contribution in [1.29, 1.82) is 0 Å². The highest BCUT2D eigenvalue weighted by molar-refractivity contribution is 7.10. The maximum atomic E-state index is 12.9. The number of anilines is 2. The van der Waals surface area contributed by atoms with Gasteiger partial charge in [-0.1, -0.05) is 25.0 Å². The lowest BCUT2D eigenvalue weighted by Crippen LogP contribution is -2.37. The highest BCUT2D eigenvalue weighted by Crippen LogP contribution is 2.32. The third-order valence-corrected chi connectivity index (χ3v) is 7.11. The van der Waals surface area contributed by atoms with E-state index in [1.165, 1.54) is 30.6 Å². The van der Waals surface area contributed by atoms with Crippen LogP contribution in [0.3, 0.4) is 0 Å². The van der Waals surface area contributed by atoms with E-state index in [-0.39, 0.29) is 17.7 Å². The molecule has 2 aliphatic rings. The van der Waals surface area contributed by atoms with Gasteiger partial charge in [-0.2, -0.15) is 0 Å². The van der Waals surface area contributed by atoms with Gasteiger partial charge in [0.05, 0.1) is 16.4 Å². The van der Waals surface area contributed by atoms with Crippen molar-refractivity contribution >= 4 is 34.5 Å². The Labute approximate surface area is 194 Å². The Morgan fingerprint density at radius 3 is 2.62 bits per heavy atom. The van der Waals surface area contributed by atoms with Crippen LogP contribution in [-0.2, 0) is 4.79 Å². The van der Waals surface area contributed by atoms with Crippen LogP contribution < -0.4 is 10.2 Å². The van der Waals surface area contributed by atoms with Crippen LogP contribution in [-0.4, -0.2) is 47.9 Å². The molecule has 2 saturated heterocycles. The smallest absolute Gasteiger partial charge is 0.298 e. The van der Waals surface area contributed by atoms with Crippen molar-refractivity contribution in [3.8, 4) is 11.8 Å². The molecule has 3 heterocycles. The minimum atomic E-state index is -0.167. The minimum absolute atomic E-state index is 0.0862. The van der Waals surface area contributed by atoms with Crippen LogP contribution in [0.15, 0.2) is 29.6 Å². The van der Waals surface area contributed by atoms with E-state index in [9.17, 15) is 9.59 Å². The third kappa shape index (κ3) is 5.31. The molecule has 1 N–H and O–H groups in total. The van der Waals surface area contributed by atoms with Crippen LogP contribution in [0.25, 0.3) is 0 Å². The summed E-state index contributed by atoms with van der Waals surface area (Å²) < 4.78 is 0. The van der Waals surface area contributed by atoms with E-state index < -0.39 is 0 Å². The molecule has 1 aromatic heterocycles. The summed E-state index contributed by atoms with van der Waals surface area (Å²) in [5, 5.41) is 5.90. The van der Waals surface area contributed by atoms with Crippen LogP contribution in [0, 0.1) is 11.8 Å². The number of amides is 2. The molecule has 32 heavy (non-hydrogen) atoms. The van der Waals surface area contributed by atoms with Crippen LogP contribution in [0.2, 0.25) is 0 Å². The van der Waals surface area contributed by atoms with Crippen LogP contribution >= 0.6 is 11.3 Å². The molecule has 0 radical (unpaired) electrons. The number of piperidine rings is 2. The lowest BCUT2D eigenvalue weighted by atomic mass is 9.97. The van der Waals surface area contributed by atoms with Crippen LogP contribution in [0.1, 0.15) is 66.9 Å². The first-order valence-corrected chi connectivity index (χ1v) is 12.4. The number of carbonyl (C=O) groups is 2. The number of nitrogens with one attached hydrogen (secondary N) is 1. The highest BCUT2D eigenvalue weighted by Gasteiger charge is 2.26. The van der Waals surface area contributed by atoms with Crippen molar-refractivity contribution in [2.45, 2.75) is 51.4 Å². The van der Waals surface area contributed by atoms with Crippen LogP contribution in [0.4, 0.5) is 11.4 Å². The molecule has 168 valence electrons. The molecule has 6 nitrogen and oxygen atoms in total. The Hall–Kier alpha value is -2.85. The maximum absolute atomic E-state index is 12.9. The summed E-state index contributed by atoms with van der Waals surface area (Å²) in [6.07, 6.45) is 6.04. The van der Waals surface area contributed by atoms with Gasteiger partial charge in [0.25, 0.3) is 11.8 Å². The molecule has 0 aliphatic carbocycles. The molecule has 2 amide bonds. The summed E-state index contributed by atoms with van der Waals surface area (Å²) >= 11 is 1.54. The van der Waals surface area contributed by atoms with Crippen molar-refractivity contribution < 1.29 is 9.59 Å². The number of hydrogen-bond donors (Lipinski definition) is 1. The van der Waals surface area contributed by atoms with E-state index in [0.29, 0.717) is 25.2 Å². The fourth-order valence-corrected chi connectivity index (χ4v) is 5.30. The molecule has 0 atom stereocenters. The van der Waals surface area contributed by atoms with E-state index in [0.717, 1.165) is 42.3 Å². The van der Waals surface area contributed by atoms with Gasteiger partial charge in [-0.3, -0.25) is 9.59 Å². The first-order chi connectivity index (χ1) is 15.7. The molecule has 0 spiro atoms. The van der Waals surface area contributed by atoms with Gasteiger partial charge in [-0.05, 0) is 50.2 Å². The van der Waals surface area contributed by atoms with Gasteiger partial charge >= 0.3 is 0 Å². The lowest BCUT2D eigenvalue weighted by molar-refractivity contribution is -0.126. The average Bonchev–Trinajstić information content (AvgIpc) is 3.34. The van der Waals surface area contributed by atoms with Gasteiger partial charge in [0.15, 0.2) is 0 Å². The summed E-state index contributed by atoms with van der Waals surface area (Å²) in [5.74, 6) is 5.57. The monoisotopic (exact) mass is 450 g/mol. The molecule has 1 aromatic carbocycles.